The molecule has 0 amide bonds. The van der Waals surface area contributed by atoms with Gasteiger partial charge in [-0.2, -0.15) is 0 Å². The molecule has 0 unspecified atom stereocenters. The minimum absolute atomic E-state index is 1.10. The topological polar surface area (TPSA) is 6.48 Å². The fourth-order valence-electron chi connectivity index (χ4n) is 3.14. The number of piperazine rings is 1. The fraction of sp³-hybridized carbons (Fsp3) is 0.263. The van der Waals surface area contributed by atoms with Crippen molar-refractivity contribution in [2.75, 3.05) is 33.2 Å². The van der Waals surface area contributed by atoms with Crippen LogP contribution in [0.4, 0.5) is 0 Å². The van der Waals surface area contributed by atoms with Crippen LogP contribution in [0, 0.1) is 3.57 Å². The molecule has 1 fully saturated rings. The Morgan fingerprint density at radius 1 is 0.957 bits per heavy atom. The molecule has 0 radical (unpaired) electrons. The van der Waals surface area contributed by atoms with E-state index in [9.17, 15) is 0 Å². The van der Waals surface area contributed by atoms with Crippen LogP contribution in [0.2, 0.25) is 0 Å². The zero-order valence-corrected chi connectivity index (χ0v) is 16.1. The van der Waals surface area contributed by atoms with Gasteiger partial charge in [-0.15, -0.1) is 0 Å². The second-order valence-corrected chi connectivity index (χ2v) is 8.43. The maximum absolute atomic E-state index is 2.55. The molecule has 2 aromatic carbocycles. The molecule has 2 aromatic rings. The van der Waals surface area contributed by atoms with Gasteiger partial charge in [0.2, 0.25) is 0 Å². The lowest BCUT2D eigenvalue weighted by Crippen LogP contribution is -2.43. The molecule has 2 heterocycles. The maximum Gasteiger partial charge on any atom is 0.0458 e. The van der Waals surface area contributed by atoms with E-state index in [0.717, 1.165) is 26.2 Å². The van der Waals surface area contributed by atoms with E-state index in [2.05, 4.69) is 88.0 Å². The summed E-state index contributed by atoms with van der Waals surface area (Å²) in [7, 11) is 2.21. The average Bonchev–Trinajstić information content (AvgIpc) is 2.72. The summed E-state index contributed by atoms with van der Waals surface area (Å²) in [6, 6.07) is 15.5. The summed E-state index contributed by atoms with van der Waals surface area (Å²) in [4.78, 5) is 7.67. The fourth-order valence-corrected chi connectivity index (χ4v) is 4.67. The number of nitrogens with zero attached hydrogens (tertiary/aromatic N) is 2. The van der Waals surface area contributed by atoms with E-state index >= 15 is 0 Å². The van der Waals surface area contributed by atoms with Crippen LogP contribution in [0.3, 0.4) is 0 Å². The molecule has 0 N–H and O–H groups in total. The van der Waals surface area contributed by atoms with E-state index < -0.39 is 0 Å². The second-order valence-electron chi connectivity index (χ2n) is 6.10. The van der Waals surface area contributed by atoms with Gasteiger partial charge >= 0.3 is 0 Å². The Labute approximate surface area is 155 Å². The summed E-state index contributed by atoms with van der Waals surface area (Å²) >= 11 is 4.31. The van der Waals surface area contributed by atoms with Gasteiger partial charge in [-0.1, -0.05) is 30.0 Å². The molecule has 23 heavy (non-hydrogen) atoms. The highest BCUT2D eigenvalue weighted by atomic mass is 127. The maximum atomic E-state index is 2.55. The van der Waals surface area contributed by atoms with Crippen LogP contribution in [0.5, 0.6) is 0 Å². The molecule has 4 heteroatoms. The molecule has 0 aromatic heterocycles. The molecule has 2 nitrogen and oxygen atoms in total. The summed E-state index contributed by atoms with van der Waals surface area (Å²) in [5.41, 5.74) is 4.09. The molecule has 0 aliphatic carbocycles. The van der Waals surface area contributed by atoms with Crippen LogP contribution in [0.15, 0.2) is 52.3 Å². The van der Waals surface area contributed by atoms with E-state index in [0.29, 0.717) is 0 Å². The third kappa shape index (κ3) is 3.16. The summed E-state index contributed by atoms with van der Waals surface area (Å²) in [5.74, 6) is 0. The zero-order valence-electron chi connectivity index (χ0n) is 13.1. The Kier molecular flexibility index (Phi) is 4.39. The van der Waals surface area contributed by atoms with Gasteiger partial charge in [0.15, 0.2) is 0 Å². The van der Waals surface area contributed by atoms with Crippen molar-refractivity contribution in [1.82, 2.24) is 9.80 Å². The van der Waals surface area contributed by atoms with Crippen LogP contribution in [-0.2, 0) is 0 Å². The number of halogens is 1. The van der Waals surface area contributed by atoms with Crippen molar-refractivity contribution >= 4 is 46.1 Å². The number of hydrogen-bond acceptors (Lipinski definition) is 3. The van der Waals surface area contributed by atoms with Gasteiger partial charge in [0.05, 0.1) is 0 Å². The largest absolute Gasteiger partial charge is 0.368 e. The van der Waals surface area contributed by atoms with Crippen molar-refractivity contribution in [3.63, 3.8) is 0 Å². The first-order chi connectivity index (χ1) is 11.2. The number of hydrogen-bond donors (Lipinski definition) is 0. The van der Waals surface area contributed by atoms with E-state index in [4.69, 9.17) is 0 Å². The van der Waals surface area contributed by atoms with Crippen LogP contribution in [-0.4, -0.2) is 43.0 Å². The highest BCUT2D eigenvalue weighted by Crippen LogP contribution is 2.42. The van der Waals surface area contributed by atoms with Crippen LogP contribution in [0.25, 0.3) is 11.8 Å². The van der Waals surface area contributed by atoms with Crippen molar-refractivity contribution in [2.24, 2.45) is 0 Å². The summed E-state index contributed by atoms with van der Waals surface area (Å²) in [6.45, 7) is 4.46. The Morgan fingerprint density at radius 2 is 1.74 bits per heavy atom. The third-order valence-corrected chi connectivity index (χ3v) is 6.33. The predicted octanol–water partition coefficient (Wildman–Crippen LogP) is 4.50. The average molecular weight is 434 g/mol. The van der Waals surface area contributed by atoms with Gasteiger partial charge < -0.3 is 9.80 Å². The third-order valence-electron chi connectivity index (χ3n) is 4.49. The monoisotopic (exact) mass is 434 g/mol. The van der Waals surface area contributed by atoms with E-state index in [-0.39, 0.29) is 0 Å². The summed E-state index contributed by atoms with van der Waals surface area (Å²) in [6.07, 6.45) is 2.38. The number of likely N-dealkylation sites (N-methyl/N-ethyl adjacent to an activating group) is 1. The predicted molar refractivity (Wildman–Crippen MR) is 107 cm³/mol. The van der Waals surface area contributed by atoms with Crippen molar-refractivity contribution < 1.29 is 0 Å². The number of fused-ring (bicyclic) bond motifs is 2. The molecule has 2 aliphatic heterocycles. The molecular weight excluding hydrogens is 415 g/mol. The van der Waals surface area contributed by atoms with Gasteiger partial charge in [-0.25, -0.2) is 0 Å². The van der Waals surface area contributed by atoms with E-state index in [1.54, 1.807) is 0 Å². The number of benzene rings is 2. The van der Waals surface area contributed by atoms with Gasteiger partial charge in [-0.05, 0) is 65.5 Å². The van der Waals surface area contributed by atoms with E-state index in [1.807, 2.05) is 11.8 Å². The molecule has 0 saturated carbocycles. The van der Waals surface area contributed by atoms with Crippen LogP contribution in [0.1, 0.15) is 11.1 Å². The normalized spacial score (nSPS) is 18.0. The highest BCUT2D eigenvalue weighted by Gasteiger charge is 2.23. The van der Waals surface area contributed by atoms with Crippen molar-refractivity contribution in [1.29, 1.82) is 0 Å². The number of rotatable bonds is 1. The summed E-state index contributed by atoms with van der Waals surface area (Å²) in [5, 5.41) is 0. The molecule has 0 bridgehead atoms. The minimum atomic E-state index is 1.10. The first-order valence-corrected chi connectivity index (χ1v) is 9.82. The standard InChI is InChI=1S/C19H19IN2S/c1-21-8-10-22(11-9-21)17-12-14-4-2-3-5-18(14)23-19-7-6-15(20)13-16(17)19/h2-7,12-13H,8-11H2,1H3. The molecule has 0 spiro atoms. The zero-order chi connectivity index (χ0) is 15.8. The molecule has 1 saturated heterocycles. The Balaban J connectivity index is 1.84. The van der Waals surface area contributed by atoms with Gasteiger partial charge in [0.1, 0.15) is 0 Å². The van der Waals surface area contributed by atoms with Gasteiger partial charge in [-0.3, -0.25) is 0 Å². The molecule has 118 valence electrons. The first kappa shape index (κ1) is 15.5. The van der Waals surface area contributed by atoms with Crippen molar-refractivity contribution in [2.45, 2.75) is 9.79 Å². The first-order valence-electron chi connectivity index (χ1n) is 7.93. The second kappa shape index (κ2) is 6.49. The highest BCUT2D eigenvalue weighted by molar-refractivity contribution is 14.1. The minimum Gasteiger partial charge on any atom is -0.368 e. The van der Waals surface area contributed by atoms with Gasteiger partial charge in [0, 0.05) is 50.8 Å². The molecule has 0 atom stereocenters. The Morgan fingerprint density at radius 3 is 2.57 bits per heavy atom. The molecular formula is C19H19IN2S. The lowest BCUT2D eigenvalue weighted by molar-refractivity contribution is 0.207. The van der Waals surface area contributed by atoms with Crippen molar-refractivity contribution in [3.8, 4) is 0 Å². The molecule has 2 aliphatic rings. The molecule has 4 rings (SSSR count). The quantitative estimate of drug-likeness (QED) is 0.611. The Hall–Kier alpha value is -0.980. The van der Waals surface area contributed by atoms with Gasteiger partial charge in [0.25, 0.3) is 0 Å². The summed E-state index contributed by atoms with van der Waals surface area (Å²) < 4.78 is 1.30. The Bertz CT molecular complexity index is 764. The van der Waals surface area contributed by atoms with Crippen LogP contribution < -0.4 is 0 Å². The smallest absolute Gasteiger partial charge is 0.0458 e. The van der Waals surface area contributed by atoms with Crippen molar-refractivity contribution in [3.05, 3.63) is 57.2 Å². The lowest BCUT2D eigenvalue weighted by Gasteiger charge is -2.36. The lowest BCUT2D eigenvalue weighted by atomic mass is 10.1. The van der Waals surface area contributed by atoms with E-state index in [1.165, 1.54) is 30.2 Å². The SMILES string of the molecule is CN1CCN(C2=Cc3ccccc3Sc3ccc(I)cc32)CC1. The van der Waals surface area contributed by atoms with Crippen LogP contribution >= 0.6 is 34.4 Å².